The monoisotopic (exact) mass is 418 g/mol. The Balaban J connectivity index is 1.59. The first kappa shape index (κ1) is 21.6. The molecule has 1 N–H and O–H groups in total. The van der Waals surface area contributed by atoms with Gasteiger partial charge in [0.1, 0.15) is 0 Å². The molecule has 31 heavy (non-hydrogen) atoms. The zero-order chi connectivity index (χ0) is 21.8. The van der Waals surface area contributed by atoms with Crippen LogP contribution in [-0.4, -0.2) is 60.0 Å². The summed E-state index contributed by atoms with van der Waals surface area (Å²) in [6.07, 6.45) is 2.03. The number of carbonyl (C=O) groups excluding carboxylic acids is 1. The third kappa shape index (κ3) is 5.17. The van der Waals surface area contributed by atoms with Gasteiger partial charge in [-0.1, -0.05) is 62.4 Å². The molecular weight excluding hydrogens is 384 g/mol. The molecule has 5 nitrogen and oxygen atoms in total. The van der Waals surface area contributed by atoms with E-state index in [4.69, 9.17) is 0 Å². The third-order valence-corrected chi connectivity index (χ3v) is 6.14. The van der Waals surface area contributed by atoms with Crippen LogP contribution >= 0.6 is 0 Å². The van der Waals surface area contributed by atoms with Crippen LogP contribution in [0.3, 0.4) is 0 Å². The van der Waals surface area contributed by atoms with E-state index < -0.39 is 0 Å². The van der Waals surface area contributed by atoms with E-state index in [-0.39, 0.29) is 11.9 Å². The second-order valence-corrected chi connectivity index (χ2v) is 9.15. The Morgan fingerprint density at radius 1 is 0.935 bits per heavy atom. The third-order valence-electron chi connectivity index (χ3n) is 6.14. The van der Waals surface area contributed by atoms with Crippen LogP contribution in [0, 0.1) is 5.92 Å². The molecule has 1 aliphatic heterocycles. The second kappa shape index (κ2) is 9.67. The molecule has 1 fully saturated rings. The van der Waals surface area contributed by atoms with E-state index >= 15 is 0 Å². The number of piperazine rings is 1. The molecule has 0 spiro atoms. The zero-order valence-corrected chi connectivity index (χ0v) is 18.9. The lowest BCUT2D eigenvalue weighted by atomic mass is 10.0. The number of benzene rings is 2. The maximum atomic E-state index is 13.5. The van der Waals surface area contributed by atoms with E-state index in [0.29, 0.717) is 5.92 Å². The molecule has 1 atom stereocenters. The fourth-order valence-electron chi connectivity index (χ4n) is 4.42. The summed E-state index contributed by atoms with van der Waals surface area (Å²) >= 11 is 0. The fraction of sp³-hybridized carbons (Fsp3) is 0.423. The van der Waals surface area contributed by atoms with E-state index in [2.05, 4.69) is 64.8 Å². The molecule has 1 saturated heterocycles. The standard InChI is InChI=1S/C26H34N4O/c1-20(2)17-30-18-23(22-11-7-8-12-25(22)30)26(31)27-24(21-9-5-4-6-10-21)19-29-15-13-28(3)14-16-29/h4-12,18,20,24H,13-17,19H2,1-3H3,(H,27,31). The summed E-state index contributed by atoms with van der Waals surface area (Å²) < 4.78 is 2.22. The number of rotatable bonds is 7. The number of carbonyl (C=O) groups is 1. The van der Waals surface area contributed by atoms with Crippen molar-refractivity contribution < 1.29 is 4.79 Å². The number of nitrogens with zero attached hydrogens (tertiary/aromatic N) is 3. The van der Waals surface area contributed by atoms with E-state index in [1.165, 1.54) is 0 Å². The molecule has 0 bridgehead atoms. The van der Waals surface area contributed by atoms with Crippen molar-refractivity contribution in [3.05, 3.63) is 71.9 Å². The number of amides is 1. The Bertz CT molecular complexity index is 1000. The quantitative estimate of drug-likeness (QED) is 0.630. The molecule has 3 aromatic rings. The maximum absolute atomic E-state index is 13.5. The summed E-state index contributed by atoms with van der Waals surface area (Å²) in [6, 6.07) is 18.5. The van der Waals surface area contributed by atoms with Crippen LogP contribution < -0.4 is 5.32 Å². The van der Waals surface area contributed by atoms with E-state index in [9.17, 15) is 4.79 Å². The zero-order valence-electron chi connectivity index (χ0n) is 18.9. The van der Waals surface area contributed by atoms with Crippen molar-refractivity contribution in [3.63, 3.8) is 0 Å². The van der Waals surface area contributed by atoms with Crippen molar-refractivity contribution in [2.45, 2.75) is 26.4 Å². The van der Waals surface area contributed by atoms with Gasteiger partial charge in [-0.3, -0.25) is 9.69 Å². The number of hydrogen-bond donors (Lipinski definition) is 1. The number of hydrogen-bond acceptors (Lipinski definition) is 3. The second-order valence-electron chi connectivity index (χ2n) is 9.15. The van der Waals surface area contributed by atoms with Crippen molar-refractivity contribution >= 4 is 16.8 Å². The molecule has 164 valence electrons. The molecule has 0 aliphatic carbocycles. The van der Waals surface area contributed by atoms with E-state index in [1.54, 1.807) is 0 Å². The Hall–Kier alpha value is -2.63. The van der Waals surface area contributed by atoms with Gasteiger partial charge in [-0.2, -0.15) is 0 Å². The predicted octanol–water partition coefficient (Wildman–Crippen LogP) is 4.02. The summed E-state index contributed by atoms with van der Waals surface area (Å²) in [5.41, 5.74) is 3.04. The van der Waals surface area contributed by atoms with Gasteiger partial charge in [0, 0.05) is 56.4 Å². The highest BCUT2D eigenvalue weighted by Gasteiger charge is 2.23. The van der Waals surface area contributed by atoms with E-state index in [1.807, 2.05) is 36.5 Å². The molecule has 4 rings (SSSR count). The average Bonchev–Trinajstić information content (AvgIpc) is 3.13. The topological polar surface area (TPSA) is 40.5 Å². The molecular formula is C26H34N4O. The van der Waals surface area contributed by atoms with Crippen LogP contribution in [0.1, 0.15) is 35.8 Å². The highest BCUT2D eigenvalue weighted by Crippen LogP contribution is 2.24. The smallest absolute Gasteiger partial charge is 0.253 e. The Morgan fingerprint density at radius 2 is 1.61 bits per heavy atom. The van der Waals surface area contributed by atoms with Gasteiger partial charge in [-0.05, 0) is 24.6 Å². The summed E-state index contributed by atoms with van der Waals surface area (Å²) in [4.78, 5) is 18.3. The van der Waals surface area contributed by atoms with Crippen molar-refractivity contribution in [2.75, 3.05) is 39.8 Å². The minimum atomic E-state index is -0.0377. The molecule has 0 radical (unpaired) electrons. The highest BCUT2D eigenvalue weighted by molar-refractivity contribution is 6.07. The van der Waals surface area contributed by atoms with Gasteiger partial charge in [0.15, 0.2) is 0 Å². The average molecular weight is 419 g/mol. The molecule has 0 saturated carbocycles. The first-order chi connectivity index (χ1) is 15.0. The lowest BCUT2D eigenvalue weighted by molar-refractivity contribution is 0.0908. The van der Waals surface area contributed by atoms with Gasteiger partial charge < -0.3 is 14.8 Å². The lowest BCUT2D eigenvalue weighted by Gasteiger charge is -2.35. The summed E-state index contributed by atoms with van der Waals surface area (Å²) in [5.74, 6) is 0.516. The van der Waals surface area contributed by atoms with Gasteiger partial charge in [-0.25, -0.2) is 0 Å². The molecule has 1 aromatic heterocycles. The molecule has 2 heterocycles. The Kier molecular flexibility index (Phi) is 6.73. The fourth-order valence-corrected chi connectivity index (χ4v) is 4.42. The number of likely N-dealkylation sites (N-methyl/N-ethyl adjacent to an activating group) is 1. The number of aromatic nitrogens is 1. The van der Waals surface area contributed by atoms with Crippen LogP contribution in [0.15, 0.2) is 60.8 Å². The molecule has 1 unspecified atom stereocenters. The van der Waals surface area contributed by atoms with Crippen LogP contribution in [-0.2, 0) is 6.54 Å². The van der Waals surface area contributed by atoms with Crippen molar-refractivity contribution in [1.82, 2.24) is 19.7 Å². The minimum Gasteiger partial charge on any atom is -0.346 e. The largest absolute Gasteiger partial charge is 0.346 e. The number of fused-ring (bicyclic) bond motifs is 1. The van der Waals surface area contributed by atoms with E-state index in [0.717, 1.165) is 61.3 Å². The molecule has 5 heteroatoms. The molecule has 1 aliphatic rings. The minimum absolute atomic E-state index is 0.00156. The first-order valence-corrected chi connectivity index (χ1v) is 11.4. The van der Waals surface area contributed by atoms with Crippen LogP contribution in [0.4, 0.5) is 0 Å². The Labute approximate surface area is 185 Å². The van der Waals surface area contributed by atoms with Crippen LogP contribution in [0.25, 0.3) is 10.9 Å². The van der Waals surface area contributed by atoms with Gasteiger partial charge in [-0.15, -0.1) is 0 Å². The van der Waals surface area contributed by atoms with Crippen molar-refractivity contribution in [3.8, 4) is 0 Å². The SMILES string of the molecule is CC(C)Cn1cc(C(=O)NC(CN2CCN(C)CC2)c2ccccc2)c2ccccc21. The normalized spacial score (nSPS) is 16.6. The highest BCUT2D eigenvalue weighted by atomic mass is 16.1. The summed E-state index contributed by atoms with van der Waals surface area (Å²) in [7, 11) is 2.17. The summed E-state index contributed by atoms with van der Waals surface area (Å²) in [5, 5.41) is 4.38. The summed E-state index contributed by atoms with van der Waals surface area (Å²) in [6.45, 7) is 10.3. The van der Waals surface area contributed by atoms with Crippen molar-refractivity contribution in [2.24, 2.45) is 5.92 Å². The predicted molar refractivity (Wildman–Crippen MR) is 127 cm³/mol. The lowest BCUT2D eigenvalue weighted by Crippen LogP contribution is -2.47. The number of nitrogens with one attached hydrogen (secondary N) is 1. The maximum Gasteiger partial charge on any atom is 0.253 e. The van der Waals surface area contributed by atoms with Gasteiger partial charge >= 0.3 is 0 Å². The molecule has 1 amide bonds. The van der Waals surface area contributed by atoms with Crippen LogP contribution in [0.2, 0.25) is 0 Å². The molecule has 2 aromatic carbocycles. The van der Waals surface area contributed by atoms with Gasteiger partial charge in [0.05, 0.1) is 11.6 Å². The van der Waals surface area contributed by atoms with Crippen LogP contribution in [0.5, 0.6) is 0 Å². The van der Waals surface area contributed by atoms with Gasteiger partial charge in [0.2, 0.25) is 0 Å². The first-order valence-electron chi connectivity index (χ1n) is 11.4. The van der Waals surface area contributed by atoms with Gasteiger partial charge in [0.25, 0.3) is 5.91 Å². The van der Waals surface area contributed by atoms with Crippen molar-refractivity contribution in [1.29, 1.82) is 0 Å². The number of para-hydroxylation sites is 1. The Morgan fingerprint density at radius 3 is 2.32 bits per heavy atom.